The Hall–Kier alpha value is -5.05. The fraction of sp³-hybridized carbons (Fsp3) is 0.265. The van der Waals surface area contributed by atoms with Gasteiger partial charge in [0.1, 0.15) is 11.5 Å². The van der Waals surface area contributed by atoms with Gasteiger partial charge in [-0.1, -0.05) is 6.07 Å². The van der Waals surface area contributed by atoms with E-state index in [1.165, 1.54) is 0 Å². The second kappa shape index (κ2) is 12.1. The van der Waals surface area contributed by atoms with E-state index in [2.05, 4.69) is 15.5 Å². The Kier molecular flexibility index (Phi) is 7.87. The van der Waals surface area contributed by atoms with Crippen LogP contribution >= 0.6 is 0 Å². The van der Waals surface area contributed by atoms with E-state index in [0.717, 1.165) is 30.1 Å². The van der Waals surface area contributed by atoms with Crippen molar-refractivity contribution < 1.29 is 19.1 Å². The number of rotatable bonds is 8. The third-order valence-electron chi connectivity index (χ3n) is 8.10. The number of benzene rings is 3. The first kappa shape index (κ1) is 28.1. The minimum absolute atomic E-state index is 0.0380. The average molecular weight is 579 g/mol. The summed E-state index contributed by atoms with van der Waals surface area (Å²) in [5.41, 5.74) is 3.99. The molecular weight excluding hydrogens is 544 g/mol. The van der Waals surface area contributed by atoms with Gasteiger partial charge in [-0.15, -0.1) is 0 Å². The lowest BCUT2D eigenvalue weighted by molar-refractivity contribution is 0.101. The lowest BCUT2D eigenvalue weighted by atomic mass is 9.83. The normalized spacial score (nSPS) is 17.0. The molecule has 1 saturated heterocycles. The van der Waals surface area contributed by atoms with Crippen LogP contribution in [0.3, 0.4) is 0 Å². The molecule has 2 atom stereocenters. The number of hydrogen-bond acceptors (Lipinski definition) is 6. The van der Waals surface area contributed by atoms with Crippen molar-refractivity contribution in [3.63, 3.8) is 0 Å². The predicted molar refractivity (Wildman–Crippen MR) is 167 cm³/mol. The topological polar surface area (TPSA) is 102 Å². The maximum absolute atomic E-state index is 13.4. The molecule has 43 heavy (non-hydrogen) atoms. The van der Waals surface area contributed by atoms with Crippen molar-refractivity contribution in [1.29, 1.82) is 0 Å². The molecule has 2 bridgehead atoms. The van der Waals surface area contributed by atoms with Crippen LogP contribution in [0.2, 0.25) is 0 Å². The van der Waals surface area contributed by atoms with Gasteiger partial charge < -0.3 is 29.6 Å². The van der Waals surface area contributed by atoms with E-state index < -0.39 is 0 Å². The van der Waals surface area contributed by atoms with Crippen molar-refractivity contribution in [2.75, 3.05) is 42.3 Å². The van der Waals surface area contributed by atoms with E-state index in [1.807, 2.05) is 41.8 Å². The summed E-state index contributed by atoms with van der Waals surface area (Å²) < 4.78 is 12.6. The van der Waals surface area contributed by atoms with Gasteiger partial charge in [0.05, 0.1) is 25.1 Å². The smallest absolute Gasteiger partial charge is 0.255 e. The van der Waals surface area contributed by atoms with E-state index in [0.29, 0.717) is 53.9 Å². The fourth-order valence-corrected chi connectivity index (χ4v) is 6.09. The van der Waals surface area contributed by atoms with Crippen LogP contribution in [0.5, 0.6) is 11.5 Å². The zero-order valence-corrected chi connectivity index (χ0v) is 24.2. The summed E-state index contributed by atoms with van der Waals surface area (Å²) in [4.78, 5) is 41.5. The first-order chi connectivity index (χ1) is 20.9. The molecule has 220 valence electrons. The Bertz CT molecular complexity index is 1700. The van der Waals surface area contributed by atoms with Crippen LogP contribution in [0, 0.1) is 5.92 Å². The standard InChI is InChI=1S/C34H34N4O5/c1-3-43-28-14-10-26(11-15-28)35-34(41)24-9-16-31(29(18-24)36-33(40)23-7-12-27(42-2)13-8-23)37-19-22-17-25(21-37)30-5-4-6-32(39)38(30)20-22/h4-16,18,22,25H,3,17,19-21H2,1-2H3,(H,35,41)(H,36,40)/t22-,25+/m1/s1. The van der Waals surface area contributed by atoms with Crippen LogP contribution in [0.25, 0.3) is 0 Å². The maximum atomic E-state index is 13.4. The maximum Gasteiger partial charge on any atom is 0.255 e. The first-order valence-corrected chi connectivity index (χ1v) is 14.5. The van der Waals surface area contributed by atoms with Crippen LogP contribution in [0.1, 0.15) is 45.7 Å². The number of fused-ring (bicyclic) bond motifs is 4. The molecule has 0 spiro atoms. The number of ether oxygens (including phenoxy) is 2. The minimum atomic E-state index is -0.292. The number of nitrogens with one attached hydrogen (secondary N) is 2. The lowest BCUT2D eigenvalue weighted by Gasteiger charge is -2.44. The molecule has 1 fully saturated rings. The van der Waals surface area contributed by atoms with E-state index in [4.69, 9.17) is 9.47 Å². The van der Waals surface area contributed by atoms with Gasteiger partial charge in [-0.05, 0) is 92.1 Å². The van der Waals surface area contributed by atoms with E-state index in [1.54, 1.807) is 61.7 Å². The Balaban J connectivity index is 1.29. The highest BCUT2D eigenvalue weighted by Gasteiger charge is 2.35. The molecule has 3 aromatic carbocycles. The molecule has 6 rings (SSSR count). The molecule has 4 aromatic rings. The van der Waals surface area contributed by atoms with Gasteiger partial charge in [0, 0.05) is 54.1 Å². The number of piperidine rings is 1. The molecule has 0 unspecified atom stereocenters. The molecule has 0 radical (unpaired) electrons. The molecule has 9 heteroatoms. The Morgan fingerprint density at radius 2 is 1.56 bits per heavy atom. The molecule has 2 N–H and O–H groups in total. The van der Waals surface area contributed by atoms with Crippen LogP contribution in [0.4, 0.5) is 17.1 Å². The van der Waals surface area contributed by atoms with E-state index in [-0.39, 0.29) is 23.3 Å². The summed E-state index contributed by atoms with van der Waals surface area (Å²) in [6.07, 6.45) is 1.01. The number of amides is 2. The molecule has 3 heterocycles. The molecule has 2 amide bonds. The number of methoxy groups -OCH3 is 1. The van der Waals surface area contributed by atoms with E-state index in [9.17, 15) is 14.4 Å². The number of hydrogen-bond donors (Lipinski definition) is 2. The quantitative estimate of drug-likeness (QED) is 0.291. The van der Waals surface area contributed by atoms with Crippen molar-refractivity contribution in [2.24, 2.45) is 5.92 Å². The Morgan fingerprint density at radius 3 is 2.30 bits per heavy atom. The number of carbonyl (C=O) groups excluding carboxylic acids is 2. The van der Waals surface area contributed by atoms with Crippen LogP contribution in [0.15, 0.2) is 89.7 Å². The van der Waals surface area contributed by atoms with Crippen molar-refractivity contribution in [3.05, 3.63) is 112 Å². The van der Waals surface area contributed by atoms with Gasteiger partial charge in [0.15, 0.2) is 0 Å². The van der Waals surface area contributed by atoms with Gasteiger partial charge in [0.2, 0.25) is 0 Å². The zero-order valence-electron chi connectivity index (χ0n) is 24.2. The third-order valence-corrected chi connectivity index (χ3v) is 8.10. The Labute approximate surface area is 250 Å². The lowest BCUT2D eigenvalue weighted by Crippen LogP contribution is -2.47. The SMILES string of the molecule is CCOc1ccc(NC(=O)c2ccc(N3C[C@H]4C[C@@H](C3)c3cccc(=O)n3C4)c(NC(=O)c3ccc(OC)cc3)c2)cc1. The predicted octanol–water partition coefficient (Wildman–Crippen LogP) is 5.38. The molecule has 1 aromatic heterocycles. The van der Waals surface area contributed by atoms with Crippen molar-refractivity contribution in [3.8, 4) is 11.5 Å². The number of nitrogens with zero attached hydrogens (tertiary/aromatic N) is 2. The highest BCUT2D eigenvalue weighted by molar-refractivity contribution is 6.09. The van der Waals surface area contributed by atoms with Gasteiger partial charge in [0.25, 0.3) is 17.4 Å². The van der Waals surface area contributed by atoms with Crippen molar-refractivity contribution >= 4 is 28.9 Å². The summed E-state index contributed by atoms with van der Waals surface area (Å²) in [5.74, 6) is 1.28. The number of aromatic nitrogens is 1. The minimum Gasteiger partial charge on any atom is -0.497 e. The second-order valence-electron chi connectivity index (χ2n) is 10.9. The summed E-state index contributed by atoms with van der Waals surface area (Å²) in [7, 11) is 1.58. The largest absolute Gasteiger partial charge is 0.497 e. The molecule has 9 nitrogen and oxygen atoms in total. The van der Waals surface area contributed by atoms with Gasteiger partial charge >= 0.3 is 0 Å². The van der Waals surface area contributed by atoms with Gasteiger partial charge in [-0.3, -0.25) is 14.4 Å². The zero-order chi connectivity index (χ0) is 29.9. The third kappa shape index (κ3) is 5.97. The van der Waals surface area contributed by atoms with Crippen LogP contribution < -0.4 is 30.6 Å². The molecular formula is C34H34N4O5. The molecule has 0 saturated carbocycles. The fourth-order valence-electron chi connectivity index (χ4n) is 6.09. The monoisotopic (exact) mass is 578 g/mol. The second-order valence-corrected chi connectivity index (χ2v) is 10.9. The highest BCUT2D eigenvalue weighted by Crippen LogP contribution is 2.39. The van der Waals surface area contributed by atoms with E-state index >= 15 is 0 Å². The summed E-state index contributed by atoms with van der Waals surface area (Å²) in [6, 6.07) is 25.0. The average Bonchev–Trinajstić information content (AvgIpc) is 3.02. The Morgan fingerprint density at radius 1 is 0.837 bits per heavy atom. The van der Waals surface area contributed by atoms with Gasteiger partial charge in [-0.2, -0.15) is 0 Å². The van der Waals surface area contributed by atoms with Gasteiger partial charge in [-0.25, -0.2) is 0 Å². The molecule has 2 aliphatic rings. The van der Waals surface area contributed by atoms with Crippen molar-refractivity contribution in [1.82, 2.24) is 4.57 Å². The number of carbonyl (C=O) groups is 2. The summed E-state index contributed by atoms with van der Waals surface area (Å²) in [5, 5.41) is 6.00. The first-order valence-electron chi connectivity index (χ1n) is 14.5. The highest BCUT2D eigenvalue weighted by atomic mass is 16.5. The van der Waals surface area contributed by atoms with Crippen molar-refractivity contribution in [2.45, 2.75) is 25.8 Å². The molecule has 2 aliphatic heterocycles. The number of anilines is 3. The number of pyridine rings is 1. The van der Waals surface area contributed by atoms with Crippen LogP contribution in [-0.2, 0) is 6.54 Å². The summed E-state index contributed by atoms with van der Waals surface area (Å²) in [6.45, 7) is 4.58. The summed E-state index contributed by atoms with van der Waals surface area (Å²) >= 11 is 0. The molecule has 0 aliphatic carbocycles. The van der Waals surface area contributed by atoms with Crippen LogP contribution in [-0.4, -0.2) is 43.2 Å².